The van der Waals surface area contributed by atoms with E-state index in [-0.39, 0.29) is 5.41 Å². The Morgan fingerprint density at radius 2 is 1.22 bits per heavy atom. The molecule has 0 fully saturated rings. The summed E-state index contributed by atoms with van der Waals surface area (Å²) in [5.74, 6) is 0. The fraction of sp³-hybridized carbons (Fsp3) is 0.111. The minimum Gasteiger partial charge on any atom is -0.0987 e. The molecule has 0 amide bonds. The first-order valence-electron chi connectivity index (χ1n) is 9.45. The Bertz CT molecular complexity index is 1020. The van der Waals surface area contributed by atoms with E-state index < -0.39 is 0 Å². The molecule has 0 N–H and O–H groups in total. The molecule has 0 saturated heterocycles. The SMILES string of the molecule is C=CC1=C(/C=C\C)C2(C(C=C)=C1/C=C\C)c1ccccc1-c1ccccc12. The second-order valence-electron chi connectivity index (χ2n) is 6.90. The Balaban J connectivity index is 2.25. The van der Waals surface area contributed by atoms with Gasteiger partial charge in [-0.15, -0.1) is 0 Å². The van der Waals surface area contributed by atoms with Gasteiger partial charge in [-0.05, 0) is 58.4 Å². The quantitative estimate of drug-likeness (QED) is 0.553. The van der Waals surface area contributed by atoms with Crippen molar-refractivity contribution in [3.05, 3.63) is 132 Å². The third-order valence-corrected chi connectivity index (χ3v) is 5.71. The first kappa shape index (κ1) is 17.3. The molecule has 2 aliphatic carbocycles. The minimum absolute atomic E-state index is 0.334. The summed E-state index contributed by atoms with van der Waals surface area (Å²) in [5, 5.41) is 0. The van der Waals surface area contributed by atoms with Crippen LogP contribution in [0.25, 0.3) is 11.1 Å². The van der Waals surface area contributed by atoms with Gasteiger partial charge in [-0.1, -0.05) is 98.1 Å². The topological polar surface area (TPSA) is 0 Å². The summed E-state index contributed by atoms with van der Waals surface area (Å²) in [6.45, 7) is 12.5. The summed E-state index contributed by atoms with van der Waals surface area (Å²) in [5.41, 5.74) is 9.84. The van der Waals surface area contributed by atoms with E-state index in [1.54, 1.807) is 0 Å². The second-order valence-corrected chi connectivity index (χ2v) is 6.90. The number of rotatable bonds is 4. The molecular weight excluding hydrogens is 324 g/mol. The number of benzene rings is 2. The smallest absolute Gasteiger partial charge is 0.0725 e. The van der Waals surface area contributed by atoms with Gasteiger partial charge in [-0.3, -0.25) is 0 Å². The summed E-state index contributed by atoms with van der Waals surface area (Å²) in [7, 11) is 0. The van der Waals surface area contributed by atoms with Gasteiger partial charge in [0.05, 0.1) is 5.41 Å². The van der Waals surface area contributed by atoms with Gasteiger partial charge in [0.1, 0.15) is 0 Å². The number of fused-ring (bicyclic) bond motifs is 5. The van der Waals surface area contributed by atoms with Gasteiger partial charge < -0.3 is 0 Å². The molecule has 0 radical (unpaired) electrons. The highest BCUT2D eigenvalue weighted by Crippen LogP contribution is 2.61. The molecule has 2 aromatic rings. The molecule has 132 valence electrons. The minimum atomic E-state index is -0.334. The lowest BCUT2D eigenvalue weighted by atomic mass is 9.68. The highest BCUT2D eigenvalue weighted by molar-refractivity contribution is 5.90. The van der Waals surface area contributed by atoms with Crippen molar-refractivity contribution in [2.24, 2.45) is 0 Å². The molecular formula is C27H24. The highest BCUT2D eigenvalue weighted by atomic mass is 14.5. The lowest BCUT2D eigenvalue weighted by molar-refractivity contribution is 0.779. The van der Waals surface area contributed by atoms with Crippen LogP contribution in [0, 0.1) is 0 Å². The molecule has 0 nitrogen and oxygen atoms in total. The van der Waals surface area contributed by atoms with Crippen LogP contribution in [0.15, 0.2) is 120 Å². The van der Waals surface area contributed by atoms with Crippen LogP contribution in [0.2, 0.25) is 0 Å². The van der Waals surface area contributed by atoms with Crippen molar-refractivity contribution < 1.29 is 0 Å². The molecule has 0 heteroatoms. The van der Waals surface area contributed by atoms with Crippen LogP contribution < -0.4 is 0 Å². The van der Waals surface area contributed by atoms with Crippen molar-refractivity contribution in [1.29, 1.82) is 0 Å². The van der Waals surface area contributed by atoms with Crippen molar-refractivity contribution in [1.82, 2.24) is 0 Å². The van der Waals surface area contributed by atoms with Crippen molar-refractivity contribution in [2.75, 3.05) is 0 Å². The Labute approximate surface area is 162 Å². The van der Waals surface area contributed by atoms with Crippen LogP contribution in [-0.4, -0.2) is 0 Å². The third kappa shape index (κ3) is 2.10. The summed E-state index contributed by atoms with van der Waals surface area (Å²) < 4.78 is 0. The normalized spacial score (nSPS) is 17.3. The van der Waals surface area contributed by atoms with Gasteiger partial charge in [0, 0.05) is 0 Å². The Kier molecular flexibility index (Phi) is 4.20. The van der Waals surface area contributed by atoms with E-state index in [0.717, 1.165) is 0 Å². The predicted molar refractivity (Wildman–Crippen MR) is 117 cm³/mol. The Morgan fingerprint density at radius 3 is 1.70 bits per heavy atom. The van der Waals surface area contributed by atoms with E-state index in [1.807, 2.05) is 12.2 Å². The van der Waals surface area contributed by atoms with E-state index in [2.05, 4.69) is 99.8 Å². The molecule has 0 atom stereocenters. The zero-order valence-electron chi connectivity index (χ0n) is 16.0. The van der Waals surface area contributed by atoms with Crippen LogP contribution >= 0.6 is 0 Å². The summed E-state index contributed by atoms with van der Waals surface area (Å²) >= 11 is 0. The van der Waals surface area contributed by atoms with Gasteiger partial charge in [-0.25, -0.2) is 0 Å². The average molecular weight is 348 g/mol. The monoisotopic (exact) mass is 348 g/mol. The molecule has 4 rings (SSSR count). The lowest BCUT2D eigenvalue weighted by Crippen LogP contribution is -2.27. The van der Waals surface area contributed by atoms with E-state index in [9.17, 15) is 0 Å². The largest absolute Gasteiger partial charge is 0.0987 e. The number of hydrogen-bond donors (Lipinski definition) is 0. The van der Waals surface area contributed by atoms with Crippen LogP contribution in [0.4, 0.5) is 0 Å². The van der Waals surface area contributed by atoms with E-state index in [0.29, 0.717) is 0 Å². The summed E-state index contributed by atoms with van der Waals surface area (Å²) in [4.78, 5) is 0. The maximum atomic E-state index is 4.23. The van der Waals surface area contributed by atoms with E-state index in [4.69, 9.17) is 0 Å². The third-order valence-electron chi connectivity index (χ3n) is 5.71. The predicted octanol–water partition coefficient (Wildman–Crippen LogP) is 7.08. The van der Waals surface area contributed by atoms with Gasteiger partial charge in [0.2, 0.25) is 0 Å². The molecule has 0 bridgehead atoms. The van der Waals surface area contributed by atoms with Gasteiger partial charge in [-0.2, -0.15) is 0 Å². The first-order chi connectivity index (χ1) is 13.2. The van der Waals surface area contributed by atoms with Crippen LogP contribution in [0.5, 0.6) is 0 Å². The molecule has 2 aromatic carbocycles. The maximum Gasteiger partial charge on any atom is 0.0725 e. The molecule has 0 unspecified atom stereocenters. The highest BCUT2D eigenvalue weighted by Gasteiger charge is 2.51. The molecule has 0 saturated carbocycles. The fourth-order valence-corrected chi connectivity index (χ4v) is 4.87. The zero-order chi connectivity index (χ0) is 19.0. The Morgan fingerprint density at radius 1 is 0.667 bits per heavy atom. The molecule has 27 heavy (non-hydrogen) atoms. The van der Waals surface area contributed by atoms with Gasteiger partial charge in [0.15, 0.2) is 0 Å². The van der Waals surface area contributed by atoms with Crippen molar-refractivity contribution >= 4 is 0 Å². The van der Waals surface area contributed by atoms with Crippen LogP contribution in [0.3, 0.4) is 0 Å². The average Bonchev–Trinajstić information content (AvgIpc) is 3.14. The number of allylic oxidation sites excluding steroid dienone is 10. The lowest BCUT2D eigenvalue weighted by Gasteiger charge is -2.32. The summed E-state index contributed by atoms with van der Waals surface area (Å²) in [6, 6.07) is 17.5. The van der Waals surface area contributed by atoms with Crippen LogP contribution in [0.1, 0.15) is 25.0 Å². The van der Waals surface area contributed by atoms with Crippen molar-refractivity contribution in [3.8, 4) is 11.1 Å². The molecule has 2 aliphatic rings. The molecule has 0 aliphatic heterocycles. The molecule has 0 aromatic heterocycles. The van der Waals surface area contributed by atoms with Crippen molar-refractivity contribution in [3.63, 3.8) is 0 Å². The first-order valence-corrected chi connectivity index (χ1v) is 9.45. The molecule has 0 heterocycles. The molecule has 1 spiro atoms. The van der Waals surface area contributed by atoms with Crippen LogP contribution in [-0.2, 0) is 5.41 Å². The van der Waals surface area contributed by atoms with Gasteiger partial charge in [0.25, 0.3) is 0 Å². The zero-order valence-corrected chi connectivity index (χ0v) is 16.0. The standard InChI is InChI=1S/C27H24/c1-5-13-20-19(7-3)24(14-6-2)27(23(20)8-4)25-17-11-9-15-21(25)22-16-10-12-18-26(22)27/h5-18H,3-4H2,1-2H3/b13-5-,14-6-. The fourth-order valence-electron chi connectivity index (χ4n) is 4.87. The van der Waals surface area contributed by atoms with Crippen molar-refractivity contribution in [2.45, 2.75) is 19.3 Å². The van der Waals surface area contributed by atoms with E-state index in [1.165, 1.54) is 44.5 Å². The Hall–Kier alpha value is -3.12. The number of hydrogen-bond acceptors (Lipinski definition) is 0. The maximum absolute atomic E-state index is 4.23. The van der Waals surface area contributed by atoms with E-state index >= 15 is 0 Å². The van der Waals surface area contributed by atoms with Gasteiger partial charge >= 0.3 is 0 Å². The summed E-state index contributed by atoms with van der Waals surface area (Å²) in [6.07, 6.45) is 12.7. The second kappa shape index (κ2) is 6.55.